The van der Waals surface area contributed by atoms with Crippen molar-refractivity contribution in [2.45, 2.75) is 19.4 Å². The quantitative estimate of drug-likeness (QED) is 0.943. The zero-order chi connectivity index (χ0) is 15.5. The fraction of sp³-hybridized carbons (Fsp3) is 0.375. The first kappa shape index (κ1) is 14.7. The van der Waals surface area contributed by atoms with Crippen LogP contribution >= 0.6 is 0 Å². The summed E-state index contributed by atoms with van der Waals surface area (Å²) >= 11 is 0. The molecule has 1 aromatic heterocycles. The smallest absolute Gasteiger partial charge is 0.227 e. The lowest BCUT2D eigenvalue weighted by atomic mass is 10.1. The van der Waals surface area contributed by atoms with Gasteiger partial charge in [-0.3, -0.25) is 4.79 Å². The van der Waals surface area contributed by atoms with E-state index in [0.29, 0.717) is 19.8 Å². The summed E-state index contributed by atoms with van der Waals surface area (Å²) in [5, 5.41) is 0. The van der Waals surface area contributed by atoms with Gasteiger partial charge in [0.25, 0.3) is 0 Å². The van der Waals surface area contributed by atoms with Crippen molar-refractivity contribution in [2.24, 2.45) is 0 Å². The third kappa shape index (κ3) is 3.17. The van der Waals surface area contributed by atoms with Crippen LogP contribution < -0.4 is 0 Å². The number of aryl methyl sites for hydroxylation is 1. The Bertz CT molecular complexity index is 654. The third-order valence-electron chi connectivity index (χ3n) is 3.76. The maximum atomic E-state index is 12.9. The van der Waals surface area contributed by atoms with Gasteiger partial charge in [-0.1, -0.05) is 12.1 Å². The second-order valence-corrected chi connectivity index (χ2v) is 5.43. The number of hydrogen-bond donors (Lipinski definition) is 1. The molecule has 0 radical (unpaired) electrons. The first-order valence-corrected chi connectivity index (χ1v) is 7.26. The highest BCUT2D eigenvalue weighted by atomic mass is 19.1. The van der Waals surface area contributed by atoms with E-state index in [1.165, 1.54) is 12.1 Å². The molecule has 1 aliphatic rings. The van der Waals surface area contributed by atoms with E-state index in [1.807, 2.05) is 6.92 Å². The molecule has 0 saturated carbocycles. The molecule has 1 atom stereocenters. The lowest BCUT2D eigenvalue weighted by Crippen LogP contribution is -2.44. The Morgan fingerprint density at radius 1 is 1.45 bits per heavy atom. The molecule has 3 rings (SSSR count). The number of ether oxygens (including phenoxy) is 1. The number of carbonyl (C=O) groups is 1. The minimum atomic E-state index is -0.300. The van der Waals surface area contributed by atoms with Gasteiger partial charge < -0.3 is 14.6 Å². The Kier molecular flexibility index (Phi) is 4.20. The highest BCUT2D eigenvalue weighted by Crippen LogP contribution is 2.23. The van der Waals surface area contributed by atoms with Gasteiger partial charge in [0.05, 0.1) is 19.6 Å². The monoisotopic (exact) mass is 303 g/mol. The molecule has 1 aromatic carbocycles. The van der Waals surface area contributed by atoms with Gasteiger partial charge in [-0.05, 0) is 24.6 Å². The summed E-state index contributed by atoms with van der Waals surface area (Å²) < 4.78 is 18.4. The van der Waals surface area contributed by atoms with Crippen LogP contribution in [0.25, 0.3) is 0 Å². The number of H-pyrrole nitrogens is 1. The van der Waals surface area contributed by atoms with Crippen LogP contribution in [0.2, 0.25) is 0 Å². The van der Waals surface area contributed by atoms with Crippen LogP contribution in [0.15, 0.2) is 30.5 Å². The molecule has 1 aliphatic heterocycles. The van der Waals surface area contributed by atoms with Gasteiger partial charge in [0.2, 0.25) is 5.91 Å². The Morgan fingerprint density at radius 2 is 2.23 bits per heavy atom. The molecule has 1 fully saturated rings. The summed E-state index contributed by atoms with van der Waals surface area (Å²) in [4.78, 5) is 21.8. The number of rotatable bonds is 3. The fourth-order valence-electron chi connectivity index (χ4n) is 2.61. The number of nitrogens with one attached hydrogen (secondary N) is 1. The van der Waals surface area contributed by atoms with Gasteiger partial charge in [0.15, 0.2) is 0 Å². The molecule has 2 heterocycles. The van der Waals surface area contributed by atoms with Crippen molar-refractivity contribution in [2.75, 3.05) is 19.8 Å². The van der Waals surface area contributed by atoms with Gasteiger partial charge in [0, 0.05) is 18.4 Å². The summed E-state index contributed by atoms with van der Waals surface area (Å²) in [6, 6.07) is 5.82. The second kappa shape index (κ2) is 6.27. The van der Waals surface area contributed by atoms with E-state index in [4.69, 9.17) is 4.74 Å². The number of aromatic amines is 1. The molecule has 5 nitrogen and oxygen atoms in total. The average molecular weight is 303 g/mol. The third-order valence-corrected chi connectivity index (χ3v) is 3.76. The Labute approximate surface area is 128 Å². The number of aromatic nitrogens is 2. The van der Waals surface area contributed by atoms with E-state index >= 15 is 0 Å². The number of morpholine rings is 1. The molecular weight excluding hydrogens is 285 g/mol. The predicted octanol–water partition coefficient (Wildman–Crippen LogP) is 2.00. The van der Waals surface area contributed by atoms with E-state index in [0.717, 1.165) is 17.1 Å². The summed E-state index contributed by atoms with van der Waals surface area (Å²) in [7, 11) is 0. The molecule has 0 unspecified atom stereocenters. The molecule has 116 valence electrons. The van der Waals surface area contributed by atoms with Gasteiger partial charge in [-0.25, -0.2) is 9.37 Å². The number of halogens is 1. The molecule has 0 aliphatic carbocycles. The van der Waals surface area contributed by atoms with Crippen LogP contribution in [0.3, 0.4) is 0 Å². The predicted molar refractivity (Wildman–Crippen MR) is 78.7 cm³/mol. The van der Waals surface area contributed by atoms with E-state index in [1.54, 1.807) is 23.2 Å². The molecule has 0 spiro atoms. The van der Waals surface area contributed by atoms with Crippen molar-refractivity contribution in [3.8, 4) is 0 Å². The van der Waals surface area contributed by atoms with Crippen molar-refractivity contribution >= 4 is 5.91 Å². The summed E-state index contributed by atoms with van der Waals surface area (Å²) in [6.07, 6.45) is 1.99. The first-order valence-electron chi connectivity index (χ1n) is 7.26. The van der Waals surface area contributed by atoms with Crippen LogP contribution in [0.4, 0.5) is 4.39 Å². The van der Waals surface area contributed by atoms with Crippen LogP contribution in [0, 0.1) is 12.7 Å². The van der Waals surface area contributed by atoms with Crippen molar-refractivity contribution in [3.63, 3.8) is 0 Å². The van der Waals surface area contributed by atoms with E-state index < -0.39 is 0 Å². The average Bonchev–Trinajstić information content (AvgIpc) is 2.96. The largest absolute Gasteiger partial charge is 0.377 e. The highest BCUT2D eigenvalue weighted by Gasteiger charge is 2.30. The molecule has 2 aromatic rings. The zero-order valence-corrected chi connectivity index (χ0v) is 12.4. The van der Waals surface area contributed by atoms with Gasteiger partial charge in [-0.2, -0.15) is 0 Å². The molecule has 1 N–H and O–H groups in total. The molecule has 1 saturated heterocycles. The van der Waals surface area contributed by atoms with Crippen LogP contribution in [-0.4, -0.2) is 40.5 Å². The van der Waals surface area contributed by atoms with E-state index in [-0.39, 0.29) is 24.2 Å². The standard InChI is InChI=1S/C16H18FN3O2/c1-11-9-18-16(19-11)14-10-22-7-6-20(14)15(21)8-12-2-4-13(17)5-3-12/h2-5,9,14H,6-8,10H2,1H3,(H,18,19)/t14-/m0/s1. The van der Waals surface area contributed by atoms with Crippen molar-refractivity contribution < 1.29 is 13.9 Å². The maximum Gasteiger partial charge on any atom is 0.227 e. The molecule has 22 heavy (non-hydrogen) atoms. The minimum absolute atomic E-state index is 0.00559. The van der Waals surface area contributed by atoms with Crippen LogP contribution in [-0.2, 0) is 16.0 Å². The number of nitrogens with zero attached hydrogens (tertiary/aromatic N) is 2. The summed E-state index contributed by atoms with van der Waals surface area (Å²) in [5.41, 5.74) is 1.75. The zero-order valence-electron chi connectivity index (χ0n) is 12.4. The molecule has 6 heteroatoms. The van der Waals surface area contributed by atoms with Gasteiger partial charge in [0.1, 0.15) is 17.7 Å². The lowest BCUT2D eigenvalue weighted by molar-refractivity contribution is -0.139. The highest BCUT2D eigenvalue weighted by molar-refractivity contribution is 5.79. The Balaban J connectivity index is 1.75. The Morgan fingerprint density at radius 3 is 2.91 bits per heavy atom. The van der Waals surface area contributed by atoms with Crippen molar-refractivity contribution in [3.05, 3.63) is 53.4 Å². The van der Waals surface area contributed by atoms with Gasteiger partial charge >= 0.3 is 0 Å². The molecular formula is C16H18FN3O2. The normalized spacial score (nSPS) is 18.5. The number of hydrogen-bond acceptors (Lipinski definition) is 3. The van der Waals surface area contributed by atoms with Gasteiger partial charge in [-0.15, -0.1) is 0 Å². The first-order chi connectivity index (χ1) is 10.6. The maximum absolute atomic E-state index is 12.9. The SMILES string of the molecule is Cc1cnc([C@@H]2COCCN2C(=O)Cc2ccc(F)cc2)[nH]1. The number of carbonyl (C=O) groups excluding carboxylic acids is 1. The fourth-order valence-corrected chi connectivity index (χ4v) is 2.61. The number of benzene rings is 1. The summed E-state index contributed by atoms with van der Waals surface area (Å²) in [5.74, 6) is 0.435. The number of amides is 1. The van der Waals surface area contributed by atoms with E-state index in [2.05, 4.69) is 9.97 Å². The molecule has 0 bridgehead atoms. The summed E-state index contributed by atoms with van der Waals surface area (Å²) in [6.45, 7) is 3.41. The van der Waals surface area contributed by atoms with Crippen LogP contribution in [0.5, 0.6) is 0 Å². The topological polar surface area (TPSA) is 58.2 Å². The Hall–Kier alpha value is -2.21. The van der Waals surface area contributed by atoms with E-state index in [9.17, 15) is 9.18 Å². The number of imidazole rings is 1. The van der Waals surface area contributed by atoms with Crippen LogP contribution in [0.1, 0.15) is 23.1 Å². The second-order valence-electron chi connectivity index (χ2n) is 5.43. The molecule has 1 amide bonds. The van der Waals surface area contributed by atoms with Crippen molar-refractivity contribution in [1.82, 2.24) is 14.9 Å². The lowest BCUT2D eigenvalue weighted by Gasteiger charge is -2.34. The van der Waals surface area contributed by atoms with Crippen molar-refractivity contribution in [1.29, 1.82) is 0 Å². The minimum Gasteiger partial charge on any atom is -0.377 e.